The summed E-state index contributed by atoms with van der Waals surface area (Å²) in [6.45, 7) is 2.29. The Hall–Kier alpha value is -0.760. The molecule has 1 aromatic rings. The van der Waals surface area contributed by atoms with Gasteiger partial charge in [0.1, 0.15) is 5.78 Å². The van der Waals surface area contributed by atoms with E-state index in [1.165, 1.54) is 103 Å². The zero-order valence-corrected chi connectivity index (χ0v) is 20.0. The van der Waals surface area contributed by atoms with Crippen molar-refractivity contribution in [2.45, 2.75) is 134 Å². The van der Waals surface area contributed by atoms with Crippen LogP contribution in [0.25, 0.3) is 0 Å². The first-order valence-corrected chi connectivity index (χ1v) is 13.0. The van der Waals surface area contributed by atoms with Gasteiger partial charge in [0.05, 0.1) is 0 Å². The summed E-state index contributed by atoms with van der Waals surface area (Å²) in [6.07, 6.45) is 24.7. The number of thiol groups is 1. The van der Waals surface area contributed by atoms with Crippen molar-refractivity contribution in [2.24, 2.45) is 0 Å². The lowest BCUT2D eigenvalue weighted by molar-refractivity contribution is -0.118. The Bertz CT molecular complexity index is 494. The first-order valence-electron chi connectivity index (χ1n) is 12.5. The Morgan fingerprint density at radius 3 is 1.41 bits per heavy atom. The van der Waals surface area contributed by atoms with Crippen LogP contribution < -0.4 is 0 Å². The zero-order chi connectivity index (χ0) is 21.0. The van der Waals surface area contributed by atoms with Crippen molar-refractivity contribution in [3.05, 3.63) is 29.8 Å². The van der Waals surface area contributed by atoms with Crippen molar-refractivity contribution in [1.29, 1.82) is 0 Å². The van der Waals surface area contributed by atoms with Gasteiger partial charge in [0, 0.05) is 17.7 Å². The molecule has 0 fully saturated rings. The van der Waals surface area contributed by atoms with Gasteiger partial charge in [-0.05, 0) is 24.1 Å². The van der Waals surface area contributed by atoms with Crippen LogP contribution in [0.4, 0.5) is 0 Å². The summed E-state index contributed by atoms with van der Waals surface area (Å²) in [6, 6.07) is 7.94. The topological polar surface area (TPSA) is 17.1 Å². The van der Waals surface area contributed by atoms with Gasteiger partial charge in [-0.3, -0.25) is 4.79 Å². The number of hydrogen-bond donors (Lipinski definition) is 1. The third-order valence-electron chi connectivity index (χ3n) is 5.90. The normalized spacial score (nSPS) is 11.1. The Kier molecular flexibility index (Phi) is 17.4. The van der Waals surface area contributed by atoms with Crippen molar-refractivity contribution >= 4 is 18.4 Å². The molecule has 0 unspecified atom stereocenters. The lowest BCUT2D eigenvalue weighted by atomic mass is 10.0. The van der Waals surface area contributed by atoms with E-state index in [1.54, 1.807) is 0 Å². The number of ketones is 1. The molecule has 2 heteroatoms. The molecule has 0 aliphatic rings. The largest absolute Gasteiger partial charge is 0.299 e. The van der Waals surface area contributed by atoms with Crippen LogP contribution in [0.2, 0.25) is 0 Å². The van der Waals surface area contributed by atoms with E-state index in [0.717, 1.165) is 23.3 Å². The van der Waals surface area contributed by atoms with Crippen molar-refractivity contribution in [3.8, 4) is 0 Å². The van der Waals surface area contributed by atoms with E-state index >= 15 is 0 Å². The molecular weight excluding hydrogens is 372 g/mol. The highest BCUT2D eigenvalue weighted by Gasteiger charge is 2.03. The van der Waals surface area contributed by atoms with Crippen molar-refractivity contribution < 1.29 is 4.79 Å². The fourth-order valence-electron chi connectivity index (χ4n) is 3.98. The number of rotatable bonds is 20. The molecule has 0 amide bonds. The van der Waals surface area contributed by atoms with Crippen LogP contribution in [0, 0.1) is 0 Å². The highest BCUT2D eigenvalue weighted by atomic mass is 32.1. The van der Waals surface area contributed by atoms with Crippen LogP contribution in [-0.4, -0.2) is 5.78 Å². The van der Waals surface area contributed by atoms with Gasteiger partial charge >= 0.3 is 0 Å². The molecule has 0 N–H and O–H groups in total. The highest BCUT2D eigenvalue weighted by Crippen LogP contribution is 2.15. The van der Waals surface area contributed by atoms with Crippen molar-refractivity contribution in [3.63, 3.8) is 0 Å². The predicted molar refractivity (Wildman–Crippen MR) is 131 cm³/mol. The SMILES string of the molecule is CCCCCCCCCCCCCCCCCCCC(=O)Cc1ccc(S)cc1. The Labute approximate surface area is 186 Å². The Morgan fingerprint density at radius 1 is 0.621 bits per heavy atom. The van der Waals surface area contributed by atoms with Gasteiger partial charge in [0.25, 0.3) is 0 Å². The van der Waals surface area contributed by atoms with Crippen molar-refractivity contribution in [2.75, 3.05) is 0 Å². The average Bonchev–Trinajstić information content (AvgIpc) is 2.72. The number of Topliss-reactive ketones (excluding diaryl/α,β-unsaturated/α-hetero) is 1. The second-order valence-corrected chi connectivity index (χ2v) is 9.31. The summed E-state index contributed by atoms with van der Waals surface area (Å²) in [5.41, 5.74) is 1.11. The van der Waals surface area contributed by atoms with Crippen LogP contribution in [0.1, 0.15) is 128 Å². The molecule has 1 rings (SSSR count). The lowest BCUT2D eigenvalue weighted by Gasteiger charge is -2.04. The summed E-state index contributed by atoms with van der Waals surface area (Å²) in [4.78, 5) is 13.0. The molecule has 166 valence electrons. The third kappa shape index (κ3) is 16.7. The fraction of sp³-hybridized carbons (Fsp3) is 0.741. The highest BCUT2D eigenvalue weighted by molar-refractivity contribution is 7.80. The number of carbonyl (C=O) groups excluding carboxylic acids is 1. The summed E-state index contributed by atoms with van der Waals surface area (Å²) in [7, 11) is 0. The fourth-order valence-corrected chi connectivity index (χ4v) is 4.13. The van der Waals surface area contributed by atoms with Gasteiger partial charge in [-0.25, -0.2) is 0 Å². The van der Waals surface area contributed by atoms with Crippen LogP contribution in [0.5, 0.6) is 0 Å². The second-order valence-electron chi connectivity index (χ2n) is 8.79. The van der Waals surface area contributed by atoms with E-state index in [2.05, 4.69) is 19.6 Å². The maximum Gasteiger partial charge on any atom is 0.137 e. The van der Waals surface area contributed by atoms with Gasteiger partial charge in [0.2, 0.25) is 0 Å². The van der Waals surface area contributed by atoms with Gasteiger partial charge in [-0.2, -0.15) is 0 Å². The lowest BCUT2D eigenvalue weighted by Crippen LogP contribution is -2.02. The molecule has 0 atom stereocenters. The number of carbonyl (C=O) groups is 1. The van der Waals surface area contributed by atoms with E-state index in [4.69, 9.17) is 0 Å². The van der Waals surface area contributed by atoms with E-state index in [9.17, 15) is 4.79 Å². The molecule has 0 aliphatic carbocycles. The average molecular weight is 419 g/mol. The quantitative estimate of drug-likeness (QED) is 0.165. The number of hydrogen-bond acceptors (Lipinski definition) is 2. The van der Waals surface area contributed by atoms with Crippen LogP contribution in [0.15, 0.2) is 29.2 Å². The molecule has 29 heavy (non-hydrogen) atoms. The molecule has 0 saturated heterocycles. The van der Waals surface area contributed by atoms with Gasteiger partial charge < -0.3 is 0 Å². The van der Waals surface area contributed by atoms with E-state index < -0.39 is 0 Å². The third-order valence-corrected chi connectivity index (χ3v) is 6.19. The van der Waals surface area contributed by atoms with Crippen LogP contribution in [-0.2, 0) is 11.2 Å². The minimum atomic E-state index is 0.373. The summed E-state index contributed by atoms with van der Waals surface area (Å²) in [5.74, 6) is 0.373. The number of unbranched alkanes of at least 4 members (excludes halogenated alkanes) is 16. The Morgan fingerprint density at radius 2 is 1.00 bits per heavy atom. The van der Waals surface area contributed by atoms with Crippen LogP contribution in [0.3, 0.4) is 0 Å². The second kappa shape index (κ2) is 19.2. The molecule has 0 aromatic heterocycles. The molecule has 0 saturated carbocycles. The van der Waals surface area contributed by atoms with Crippen molar-refractivity contribution in [1.82, 2.24) is 0 Å². The molecule has 0 heterocycles. The molecule has 1 nitrogen and oxygen atoms in total. The maximum atomic E-state index is 12.0. The van der Waals surface area contributed by atoms with Gasteiger partial charge in [-0.15, -0.1) is 12.6 Å². The minimum Gasteiger partial charge on any atom is -0.299 e. The standard InChI is InChI=1S/C27H46OS/c1-2-3-4-5-6-7-8-9-10-11-12-13-14-15-16-17-18-19-26(28)24-25-20-22-27(29)23-21-25/h20-23,29H,2-19,24H2,1H3. The van der Waals surface area contributed by atoms with E-state index in [-0.39, 0.29) is 0 Å². The summed E-state index contributed by atoms with van der Waals surface area (Å²) >= 11 is 4.28. The van der Waals surface area contributed by atoms with Gasteiger partial charge in [-0.1, -0.05) is 122 Å². The molecule has 1 aromatic carbocycles. The smallest absolute Gasteiger partial charge is 0.137 e. The van der Waals surface area contributed by atoms with E-state index in [0.29, 0.717) is 12.2 Å². The first kappa shape index (κ1) is 26.3. The first-order chi connectivity index (χ1) is 14.2. The molecule has 0 bridgehead atoms. The van der Waals surface area contributed by atoms with Crippen LogP contribution >= 0.6 is 12.6 Å². The predicted octanol–water partition coefficient (Wildman–Crippen LogP) is 9.13. The maximum absolute atomic E-state index is 12.0. The molecule has 0 radical (unpaired) electrons. The molecule has 0 spiro atoms. The minimum absolute atomic E-state index is 0.373. The van der Waals surface area contributed by atoms with Gasteiger partial charge in [0.15, 0.2) is 0 Å². The van der Waals surface area contributed by atoms with E-state index in [1.807, 2.05) is 24.3 Å². The monoisotopic (exact) mass is 418 g/mol. The zero-order valence-electron chi connectivity index (χ0n) is 19.1. The Balaban J connectivity index is 1.77. The summed E-state index contributed by atoms with van der Waals surface area (Å²) in [5, 5.41) is 0. The molecular formula is C27H46OS. The molecule has 0 aliphatic heterocycles. The summed E-state index contributed by atoms with van der Waals surface area (Å²) < 4.78 is 0. The number of benzene rings is 1.